The zero-order valence-corrected chi connectivity index (χ0v) is 20.1. The predicted molar refractivity (Wildman–Crippen MR) is 131 cm³/mol. The summed E-state index contributed by atoms with van der Waals surface area (Å²) in [5.41, 5.74) is 0. The van der Waals surface area contributed by atoms with Crippen molar-refractivity contribution in [2.24, 2.45) is 0 Å². The molecule has 0 rings (SSSR count). The van der Waals surface area contributed by atoms with Gasteiger partial charge in [0.25, 0.3) is 0 Å². The zero-order chi connectivity index (χ0) is 20.0. The minimum Gasteiger partial charge on any atom is -0.358 e. The molecule has 5 unspecified atom stereocenters. The fourth-order valence-corrected chi connectivity index (χ4v) is 3.20. The van der Waals surface area contributed by atoms with Gasteiger partial charge >= 0.3 is 0 Å². The molecule has 5 atom stereocenters. The summed E-state index contributed by atoms with van der Waals surface area (Å²) < 4.78 is 11.1. The van der Waals surface area contributed by atoms with Crippen LogP contribution in [0.15, 0.2) is 72.9 Å². The molecule has 2 nitrogen and oxygen atoms in total. The van der Waals surface area contributed by atoms with E-state index in [1.807, 2.05) is 24.3 Å². The van der Waals surface area contributed by atoms with E-state index in [1.54, 1.807) is 0 Å². The lowest BCUT2D eigenvalue weighted by Gasteiger charge is -2.09. The minimum absolute atomic E-state index is 0.0769. The molecule has 0 spiro atoms. The van der Waals surface area contributed by atoms with E-state index < -0.39 is 0 Å². The van der Waals surface area contributed by atoms with E-state index >= 15 is 0 Å². The zero-order valence-electron chi connectivity index (χ0n) is 16.8. The first-order valence-electron chi connectivity index (χ1n) is 9.71. The van der Waals surface area contributed by atoms with Crippen LogP contribution in [0.5, 0.6) is 0 Å². The Morgan fingerprint density at radius 2 is 1.44 bits per heavy atom. The second-order valence-electron chi connectivity index (χ2n) is 5.92. The quantitative estimate of drug-likeness (QED) is 0.143. The van der Waals surface area contributed by atoms with Crippen LogP contribution < -0.4 is 0 Å². The Bertz CT molecular complexity index is 494. The summed E-state index contributed by atoms with van der Waals surface area (Å²) in [5, 5.41) is 0. The number of allylic oxidation sites excluding steroid dienone is 8. The first-order chi connectivity index (χ1) is 13.3. The monoisotopic (exact) mass is 426 g/mol. The summed E-state index contributed by atoms with van der Waals surface area (Å²) in [7, 11) is 5.41. The van der Waals surface area contributed by atoms with Crippen LogP contribution in [0.3, 0.4) is 0 Å². The Morgan fingerprint density at radius 1 is 0.815 bits per heavy atom. The molecule has 0 amide bonds. The van der Waals surface area contributed by atoms with Gasteiger partial charge in [-0.05, 0) is 32.1 Å². The van der Waals surface area contributed by atoms with Crippen molar-refractivity contribution in [2.75, 3.05) is 0 Å². The summed E-state index contributed by atoms with van der Waals surface area (Å²) in [6, 6.07) is 0. The lowest BCUT2D eigenvalue weighted by atomic mass is 10.2. The fourth-order valence-electron chi connectivity index (χ4n) is 2.12. The summed E-state index contributed by atoms with van der Waals surface area (Å²) in [6.45, 7) is 4.33. The SMILES string of the molecule is CC/C=C\CC(/C=C/C=C\C=C\C(C/C=C\C/C=C\CCC)OP)OPP. The molecule has 0 aromatic carbocycles. The molecule has 0 aromatic heterocycles. The van der Waals surface area contributed by atoms with E-state index in [-0.39, 0.29) is 12.2 Å². The van der Waals surface area contributed by atoms with E-state index in [9.17, 15) is 0 Å². The fraction of sp³-hybridized carbons (Fsp3) is 0.455. The minimum atomic E-state index is 0.0769. The average molecular weight is 426 g/mol. The summed E-state index contributed by atoms with van der Waals surface area (Å²) in [5.74, 6) is 0. The highest BCUT2D eigenvalue weighted by molar-refractivity contribution is 8.00. The molecule has 0 aliphatic carbocycles. The average Bonchev–Trinajstić information content (AvgIpc) is 2.68. The molecule has 0 saturated heterocycles. The van der Waals surface area contributed by atoms with Crippen molar-refractivity contribution in [1.29, 1.82) is 0 Å². The van der Waals surface area contributed by atoms with Gasteiger partial charge < -0.3 is 9.05 Å². The first kappa shape index (κ1) is 26.6. The molecule has 0 aromatic rings. The third kappa shape index (κ3) is 18.8. The van der Waals surface area contributed by atoms with Crippen molar-refractivity contribution in [3.63, 3.8) is 0 Å². The maximum atomic E-state index is 5.70. The first-order valence-corrected chi connectivity index (χ1v) is 12.9. The molecule has 0 aliphatic rings. The van der Waals surface area contributed by atoms with E-state index in [4.69, 9.17) is 9.05 Å². The standard InChI is InChI=1S/C22H37O2P3/c1-3-5-7-8-9-10-14-17-21(23-25)18-15-11-12-16-20-22(24-27-26)19-13-6-4-2/h6-8,10-16,18,20-22,27H,3-5,9,17,19,25-26H2,1-2H3/b8-7-,12-11-,13-6-,14-10-,18-15+,20-16+. The van der Waals surface area contributed by atoms with Gasteiger partial charge in [0.2, 0.25) is 0 Å². The van der Waals surface area contributed by atoms with Crippen molar-refractivity contribution in [3.05, 3.63) is 72.9 Å². The summed E-state index contributed by atoms with van der Waals surface area (Å²) in [6.07, 6.45) is 31.9. The number of hydrogen-bond acceptors (Lipinski definition) is 2. The normalized spacial score (nSPS) is 16.0. The maximum Gasteiger partial charge on any atom is 0.0836 e. The molecular formula is C22H37O2P3. The lowest BCUT2D eigenvalue weighted by molar-refractivity contribution is 0.296. The van der Waals surface area contributed by atoms with Gasteiger partial charge in [-0.2, -0.15) is 0 Å². The van der Waals surface area contributed by atoms with E-state index in [1.165, 1.54) is 6.42 Å². The molecule has 5 heteroatoms. The molecule has 0 heterocycles. The molecule has 152 valence electrons. The third-order valence-corrected chi connectivity index (χ3v) is 4.78. The number of hydrogen-bond donors (Lipinski definition) is 0. The van der Waals surface area contributed by atoms with Gasteiger partial charge in [0, 0.05) is 18.0 Å². The van der Waals surface area contributed by atoms with Gasteiger partial charge in [-0.1, -0.05) is 102 Å². The van der Waals surface area contributed by atoms with Crippen LogP contribution in [0.4, 0.5) is 0 Å². The van der Waals surface area contributed by atoms with Gasteiger partial charge in [0.15, 0.2) is 0 Å². The van der Waals surface area contributed by atoms with E-state index in [2.05, 4.69) is 80.9 Å². The summed E-state index contributed by atoms with van der Waals surface area (Å²) >= 11 is 0. The topological polar surface area (TPSA) is 18.5 Å². The Morgan fingerprint density at radius 3 is 2.07 bits per heavy atom. The molecule has 0 saturated carbocycles. The molecule has 27 heavy (non-hydrogen) atoms. The number of unbranched alkanes of at least 4 members (excludes halogenated alkanes) is 1. The molecular weight excluding hydrogens is 389 g/mol. The van der Waals surface area contributed by atoms with Crippen LogP contribution in [-0.4, -0.2) is 12.2 Å². The Hall–Kier alpha value is -0.350. The van der Waals surface area contributed by atoms with Crippen LogP contribution in [0.2, 0.25) is 0 Å². The van der Waals surface area contributed by atoms with Crippen molar-refractivity contribution < 1.29 is 9.05 Å². The van der Waals surface area contributed by atoms with Crippen LogP contribution >= 0.6 is 26.9 Å². The van der Waals surface area contributed by atoms with Crippen LogP contribution in [0, 0.1) is 0 Å². The smallest absolute Gasteiger partial charge is 0.0836 e. The molecule has 0 radical (unpaired) electrons. The van der Waals surface area contributed by atoms with Gasteiger partial charge in [-0.25, -0.2) is 0 Å². The Labute approximate surface area is 173 Å². The van der Waals surface area contributed by atoms with E-state index in [0.717, 1.165) is 32.1 Å². The summed E-state index contributed by atoms with van der Waals surface area (Å²) in [4.78, 5) is 0. The van der Waals surface area contributed by atoms with Gasteiger partial charge in [-0.15, -0.1) is 0 Å². The highest BCUT2D eigenvalue weighted by Crippen LogP contribution is 2.25. The van der Waals surface area contributed by atoms with E-state index in [0.29, 0.717) is 8.50 Å². The van der Waals surface area contributed by atoms with Gasteiger partial charge in [0.05, 0.1) is 12.2 Å². The van der Waals surface area contributed by atoms with Crippen LogP contribution in [0.1, 0.15) is 52.4 Å². The molecule has 0 fully saturated rings. The molecule has 0 N–H and O–H groups in total. The van der Waals surface area contributed by atoms with Crippen molar-refractivity contribution >= 4 is 26.9 Å². The van der Waals surface area contributed by atoms with Gasteiger partial charge in [0.1, 0.15) is 0 Å². The van der Waals surface area contributed by atoms with Crippen molar-refractivity contribution in [2.45, 2.75) is 64.6 Å². The van der Waals surface area contributed by atoms with Crippen molar-refractivity contribution in [3.8, 4) is 0 Å². The lowest BCUT2D eigenvalue weighted by Crippen LogP contribution is -2.01. The molecule has 0 aliphatic heterocycles. The second-order valence-corrected chi connectivity index (χ2v) is 7.37. The largest absolute Gasteiger partial charge is 0.358 e. The van der Waals surface area contributed by atoms with Gasteiger partial charge in [-0.3, -0.25) is 0 Å². The predicted octanol–water partition coefficient (Wildman–Crippen LogP) is 7.65. The second kappa shape index (κ2) is 21.9. The van der Waals surface area contributed by atoms with Crippen LogP contribution in [-0.2, 0) is 9.05 Å². The van der Waals surface area contributed by atoms with Crippen LogP contribution in [0.25, 0.3) is 0 Å². The highest BCUT2D eigenvalue weighted by atomic mass is 32.0. The Balaban J connectivity index is 4.24. The Kier molecular flexibility index (Phi) is 21.7. The highest BCUT2D eigenvalue weighted by Gasteiger charge is 2.00. The third-order valence-electron chi connectivity index (χ3n) is 3.58. The van der Waals surface area contributed by atoms with Crippen molar-refractivity contribution in [1.82, 2.24) is 0 Å². The number of rotatable bonds is 16. The molecule has 0 bridgehead atoms. The maximum absolute atomic E-state index is 5.70.